The second-order valence-corrected chi connectivity index (χ2v) is 8.13. The number of hydrogen-bond acceptors (Lipinski definition) is 5. The van der Waals surface area contributed by atoms with Crippen LogP contribution in [0.15, 0.2) is 29.6 Å². The van der Waals surface area contributed by atoms with Gasteiger partial charge < -0.3 is 15.0 Å². The molecule has 0 unspecified atom stereocenters. The third-order valence-corrected chi connectivity index (χ3v) is 6.39. The zero-order valence-corrected chi connectivity index (χ0v) is 15.8. The summed E-state index contributed by atoms with van der Waals surface area (Å²) in [7, 11) is 3.57. The maximum atomic E-state index is 12.7. The van der Waals surface area contributed by atoms with Crippen molar-refractivity contribution in [2.75, 3.05) is 40.3 Å². The van der Waals surface area contributed by atoms with E-state index in [1.165, 1.54) is 10.1 Å². The average Bonchev–Trinajstić information content (AvgIpc) is 3.02. The fraction of sp³-hybridized carbons (Fsp3) is 0.474. The van der Waals surface area contributed by atoms with E-state index in [0.29, 0.717) is 32.7 Å². The molecule has 1 aromatic heterocycles. The Hall–Kier alpha value is -1.96. The molecular formula is C19H23N3O3S. The van der Waals surface area contributed by atoms with E-state index in [4.69, 9.17) is 4.74 Å². The van der Waals surface area contributed by atoms with Crippen LogP contribution in [0, 0.1) is 0 Å². The summed E-state index contributed by atoms with van der Waals surface area (Å²) in [5, 5.41) is 5.92. The highest BCUT2D eigenvalue weighted by molar-refractivity contribution is 7.17. The van der Waals surface area contributed by atoms with Crippen LogP contribution in [0.25, 0.3) is 10.1 Å². The number of carbonyl (C=O) groups excluding carboxylic acids is 2. The van der Waals surface area contributed by atoms with Crippen LogP contribution in [0.5, 0.6) is 0 Å². The lowest BCUT2D eigenvalue weighted by atomic mass is 9.90. The Bertz CT molecular complexity index is 843. The number of likely N-dealkylation sites (N-methyl/N-ethyl adjacent to an activating group) is 2. The topological polar surface area (TPSA) is 61.9 Å². The molecule has 2 aliphatic rings. The molecule has 3 heterocycles. The van der Waals surface area contributed by atoms with Gasteiger partial charge >= 0.3 is 0 Å². The number of nitrogens with zero attached hydrogens (tertiary/aromatic N) is 2. The van der Waals surface area contributed by atoms with Crippen molar-refractivity contribution < 1.29 is 14.3 Å². The number of benzene rings is 1. The van der Waals surface area contributed by atoms with E-state index in [9.17, 15) is 9.59 Å². The Labute approximate surface area is 156 Å². The van der Waals surface area contributed by atoms with Crippen molar-refractivity contribution in [3.05, 3.63) is 35.2 Å². The van der Waals surface area contributed by atoms with Crippen molar-refractivity contribution in [2.24, 2.45) is 0 Å². The van der Waals surface area contributed by atoms with E-state index >= 15 is 0 Å². The lowest BCUT2D eigenvalue weighted by molar-refractivity contribution is -0.200. The summed E-state index contributed by atoms with van der Waals surface area (Å²) >= 11 is 1.68. The highest BCUT2D eigenvalue weighted by atomic mass is 32.1. The fourth-order valence-corrected chi connectivity index (χ4v) is 4.86. The van der Waals surface area contributed by atoms with Crippen LogP contribution in [-0.4, -0.2) is 73.6 Å². The van der Waals surface area contributed by atoms with E-state index in [-0.39, 0.29) is 23.5 Å². The molecule has 6 nitrogen and oxygen atoms in total. The van der Waals surface area contributed by atoms with Crippen molar-refractivity contribution in [1.82, 2.24) is 15.1 Å². The van der Waals surface area contributed by atoms with E-state index in [1.807, 2.05) is 29.0 Å². The molecule has 2 fully saturated rings. The predicted molar refractivity (Wildman–Crippen MR) is 101 cm³/mol. The number of ether oxygens (including phenoxy) is 1. The number of morpholine rings is 1. The molecule has 2 aliphatic heterocycles. The molecule has 2 amide bonds. The number of thiophene rings is 1. The van der Waals surface area contributed by atoms with E-state index in [2.05, 4.69) is 22.8 Å². The molecule has 138 valence electrons. The first-order valence-corrected chi connectivity index (χ1v) is 9.68. The minimum Gasteiger partial charge on any atom is -0.368 e. The van der Waals surface area contributed by atoms with Crippen molar-refractivity contribution in [3.63, 3.8) is 0 Å². The van der Waals surface area contributed by atoms with Crippen LogP contribution in [0.2, 0.25) is 0 Å². The average molecular weight is 373 g/mol. The molecule has 7 heteroatoms. The lowest BCUT2D eigenvalue weighted by Crippen LogP contribution is -2.73. The molecule has 0 radical (unpaired) electrons. The summed E-state index contributed by atoms with van der Waals surface area (Å²) in [5.74, 6) is 0.109. The van der Waals surface area contributed by atoms with Crippen molar-refractivity contribution in [1.29, 1.82) is 0 Å². The molecule has 1 N–H and O–H groups in total. The van der Waals surface area contributed by atoms with E-state index < -0.39 is 0 Å². The van der Waals surface area contributed by atoms with Crippen molar-refractivity contribution >= 4 is 33.2 Å². The fourth-order valence-electron chi connectivity index (χ4n) is 3.90. The molecule has 1 spiro atoms. The minimum atomic E-state index is -0.328. The van der Waals surface area contributed by atoms with Crippen LogP contribution in [-0.2, 0) is 20.7 Å². The van der Waals surface area contributed by atoms with Crippen LogP contribution in [0.4, 0.5) is 0 Å². The summed E-state index contributed by atoms with van der Waals surface area (Å²) in [4.78, 5) is 28.4. The Kier molecular flexibility index (Phi) is 4.46. The third-order valence-electron chi connectivity index (χ3n) is 5.38. The van der Waals surface area contributed by atoms with Gasteiger partial charge in [-0.05, 0) is 29.4 Å². The smallest absolute Gasteiger partial charge is 0.239 e. The molecule has 2 aromatic rings. The standard InChI is InChI=1S/C19H23N3O3S/c1-20-18(24)15-8-25-19(10-21(15)2)11-22(12-19)17(23)7-13-9-26-16-6-4-3-5-14(13)16/h3-6,9,15H,7-8,10-12H2,1-2H3,(H,20,24)/t15-/m1/s1. The molecule has 4 rings (SSSR count). The Balaban J connectivity index is 1.36. The van der Waals surface area contributed by atoms with Gasteiger partial charge in [0.2, 0.25) is 11.8 Å². The summed E-state index contributed by atoms with van der Waals surface area (Å²) < 4.78 is 7.21. The van der Waals surface area contributed by atoms with Crippen LogP contribution in [0.1, 0.15) is 5.56 Å². The van der Waals surface area contributed by atoms with Crippen LogP contribution >= 0.6 is 11.3 Å². The van der Waals surface area contributed by atoms with Gasteiger partial charge in [0.15, 0.2) is 0 Å². The van der Waals surface area contributed by atoms with Gasteiger partial charge in [0.25, 0.3) is 0 Å². The first kappa shape index (κ1) is 17.5. The van der Waals surface area contributed by atoms with E-state index in [0.717, 1.165) is 5.56 Å². The Morgan fingerprint density at radius 1 is 1.31 bits per heavy atom. The normalized spacial score (nSPS) is 22.4. The molecular weight excluding hydrogens is 350 g/mol. The number of carbonyl (C=O) groups is 2. The molecule has 0 saturated carbocycles. The van der Waals surface area contributed by atoms with Gasteiger partial charge in [-0.15, -0.1) is 11.3 Å². The number of likely N-dealkylation sites (tertiary alicyclic amines) is 1. The zero-order valence-electron chi connectivity index (χ0n) is 15.0. The highest BCUT2D eigenvalue weighted by Crippen LogP contribution is 2.32. The summed E-state index contributed by atoms with van der Waals surface area (Å²) in [5.41, 5.74) is 0.768. The number of fused-ring (bicyclic) bond motifs is 1. The van der Waals surface area contributed by atoms with Gasteiger partial charge in [-0.3, -0.25) is 14.5 Å². The number of nitrogens with one attached hydrogen (secondary N) is 1. The predicted octanol–water partition coefficient (Wildman–Crippen LogP) is 1.10. The Morgan fingerprint density at radius 2 is 2.08 bits per heavy atom. The maximum absolute atomic E-state index is 12.7. The summed E-state index contributed by atoms with van der Waals surface area (Å²) in [6, 6.07) is 7.93. The zero-order chi connectivity index (χ0) is 18.3. The first-order chi connectivity index (χ1) is 12.5. The molecule has 0 bridgehead atoms. The lowest BCUT2D eigenvalue weighted by Gasteiger charge is -2.54. The molecule has 1 aromatic carbocycles. The summed E-state index contributed by atoms with van der Waals surface area (Å²) in [6.07, 6.45) is 0.427. The van der Waals surface area contributed by atoms with Crippen molar-refractivity contribution in [3.8, 4) is 0 Å². The van der Waals surface area contributed by atoms with Gasteiger partial charge in [-0.25, -0.2) is 0 Å². The molecule has 1 atom stereocenters. The van der Waals surface area contributed by atoms with Gasteiger partial charge in [0.05, 0.1) is 26.1 Å². The largest absolute Gasteiger partial charge is 0.368 e. The second kappa shape index (κ2) is 6.64. The van der Waals surface area contributed by atoms with Gasteiger partial charge in [0, 0.05) is 18.3 Å². The van der Waals surface area contributed by atoms with Gasteiger partial charge in [0.1, 0.15) is 11.6 Å². The highest BCUT2D eigenvalue weighted by Gasteiger charge is 2.51. The quantitative estimate of drug-likeness (QED) is 0.875. The monoisotopic (exact) mass is 373 g/mol. The third kappa shape index (κ3) is 3.00. The van der Waals surface area contributed by atoms with Gasteiger partial charge in [-0.2, -0.15) is 0 Å². The SMILES string of the molecule is CNC(=O)[C@H]1COC2(CN(C(=O)Cc3csc4ccccc34)C2)CN1C. The Morgan fingerprint density at radius 3 is 2.81 bits per heavy atom. The van der Waals surface area contributed by atoms with Crippen LogP contribution in [0.3, 0.4) is 0 Å². The second-order valence-electron chi connectivity index (χ2n) is 7.22. The number of amides is 2. The molecule has 0 aliphatic carbocycles. The molecule has 26 heavy (non-hydrogen) atoms. The van der Waals surface area contributed by atoms with Gasteiger partial charge in [-0.1, -0.05) is 18.2 Å². The van der Waals surface area contributed by atoms with Crippen molar-refractivity contribution in [2.45, 2.75) is 18.1 Å². The van der Waals surface area contributed by atoms with E-state index in [1.54, 1.807) is 18.4 Å². The minimum absolute atomic E-state index is 0.0288. The van der Waals surface area contributed by atoms with Crippen LogP contribution < -0.4 is 5.32 Å². The first-order valence-electron chi connectivity index (χ1n) is 8.80. The summed E-state index contributed by atoms with van der Waals surface area (Å²) in [6.45, 7) is 2.22. The molecule has 2 saturated heterocycles. The number of rotatable bonds is 3. The maximum Gasteiger partial charge on any atom is 0.239 e. The number of hydrogen-bond donors (Lipinski definition) is 1.